The zero-order valence-corrected chi connectivity index (χ0v) is 9.75. The molecule has 0 saturated carbocycles. The lowest BCUT2D eigenvalue weighted by Gasteiger charge is -2.14. The Balaban J connectivity index is 4.22. The van der Waals surface area contributed by atoms with Crippen molar-refractivity contribution < 1.29 is 18.4 Å². The average Bonchev–Trinajstić information content (AvgIpc) is 2.03. The summed E-state index contributed by atoms with van der Waals surface area (Å²) in [6.07, 6.45) is 3.04. The van der Waals surface area contributed by atoms with E-state index in [0.29, 0.717) is 13.2 Å². The molecule has 5 heteroatoms. The first kappa shape index (κ1) is 13.6. The second-order valence-electron chi connectivity index (χ2n) is 2.64. The third-order valence-corrected chi connectivity index (χ3v) is 3.29. The van der Waals surface area contributed by atoms with Crippen LogP contribution in [0.3, 0.4) is 0 Å². The molecular formula is C9H17O4P. The molecule has 0 fully saturated rings. The van der Waals surface area contributed by atoms with Crippen molar-refractivity contribution in [3.8, 4) is 0 Å². The molecule has 0 spiro atoms. The predicted octanol–water partition coefficient (Wildman–Crippen LogP) is 2.40. The Morgan fingerprint density at radius 1 is 1.29 bits per heavy atom. The van der Waals surface area contributed by atoms with Gasteiger partial charge in [0.15, 0.2) is 5.78 Å². The largest absolute Gasteiger partial charge is 0.334 e. The second-order valence-corrected chi connectivity index (χ2v) is 4.75. The van der Waals surface area contributed by atoms with Crippen LogP contribution in [0.15, 0.2) is 12.2 Å². The van der Waals surface area contributed by atoms with E-state index in [1.165, 1.54) is 19.1 Å². The summed E-state index contributed by atoms with van der Waals surface area (Å²) < 4.78 is 21.8. The third kappa shape index (κ3) is 6.08. The third-order valence-electron chi connectivity index (χ3n) is 1.33. The molecule has 0 amide bonds. The molecule has 0 rings (SSSR count). The number of carbonyl (C=O) groups is 1. The van der Waals surface area contributed by atoms with Gasteiger partial charge >= 0.3 is 7.60 Å². The average molecular weight is 220 g/mol. The molecule has 0 heterocycles. The highest BCUT2D eigenvalue weighted by Crippen LogP contribution is 2.47. The van der Waals surface area contributed by atoms with E-state index in [9.17, 15) is 9.36 Å². The summed E-state index contributed by atoms with van der Waals surface area (Å²) >= 11 is 0. The van der Waals surface area contributed by atoms with Crippen molar-refractivity contribution in [3.05, 3.63) is 12.2 Å². The van der Waals surface area contributed by atoms with Gasteiger partial charge in [-0.15, -0.1) is 0 Å². The Morgan fingerprint density at radius 2 is 1.79 bits per heavy atom. The number of allylic oxidation sites excluding steroid dienone is 2. The quantitative estimate of drug-likeness (QED) is 0.488. The van der Waals surface area contributed by atoms with Gasteiger partial charge in [0.1, 0.15) is 0 Å². The number of hydrogen-bond acceptors (Lipinski definition) is 4. The van der Waals surface area contributed by atoms with Crippen LogP contribution in [0, 0.1) is 0 Å². The summed E-state index contributed by atoms with van der Waals surface area (Å²) in [7, 11) is -3.01. The van der Waals surface area contributed by atoms with Crippen molar-refractivity contribution in [2.24, 2.45) is 0 Å². The van der Waals surface area contributed by atoms with E-state index in [4.69, 9.17) is 9.05 Å². The van der Waals surface area contributed by atoms with Crippen LogP contribution in [0.4, 0.5) is 0 Å². The molecule has 0 bridgehead atoms. The van der Waals surface area contributed by atoms with Gasteiger partial charge in [-0.3, -0.25) is 9.36 Å². The van der Waals surface area contributed by atoms with Crippen molar-refractivity contribution in [1.82, 2.24) is 0 Å². The van der Waals surface area contributed by atoms with Gasteiger partial charge in [0, 0.05) is 0 Å². The molecule has 0 atom stereocenters. The van der Waals surface area contributed by atoms with Gasteiger partial charge in [-0.1, -0.05) is 6.08 Å². The molecule has 0 aromatic rings. The van der Waals surface area contributed by atoms with Gasteiger partial charge in [0.05, 0.1) is 19.4 Å². The standard InChI is InChI=1S/C9H17O4P/c1-4-12-14(11,13-5-2)8-6-7-9(3)10/h6-7H,4-5,8H2,1-3H3/b7-6+. The van der Waals surface area contributed by atoms with E-state index < -0.39 is 7.60 Å². The Labute approximate surface area is 84.8 Å². The van der Waals surface area contributed by atoms with Gasteiger partial charge < -0.3 is 9.05 Å². The van der Waals surface area contributed by atoms with Gasteiger partial charge in [0.25, 0.3) is 0 Å². The van der Waals surface area contributed by atoms with Gasteiger partial charge in [-0.2, -0.15) is 0 Å². The summed E-state index contributed by atoms with van der Waals surface area (Å²) in [5.41, 5.74) is 0. The maximum absolute atomic E-state index is 11.8. The topological polar surface area (TPSA) is 52.6 Å². The van der Waals surface area contributed by atoms with Crippen LogP contribution in [0.25, 0.3) is 0 Å². The molecule has 14 heavy (non-hydrogen) atoms. The molecule has 0 aliphatic rings. The Bertz CT molecular complexity index is 237. The van der Waals surface area contributed by atoms with E-state index in [-0.39, 0.29) is 11.9 Å². The molecule has 0 aromatic heterocycles. The predicted molar refractivity (Wildman–Crippen MR) is 55.5 cm³/mol. The summed E-state index contributed by atoms with van der Waals surface area (Å²) in [5.74, 6) is -0.0791. The molecule has 0 radical (unpaired) electrons. The van der Waals surface area contributed by atoms with E-state index in [2.05, 4.69) is 0 Å². The highest BCUT2D eigenvalue weighted by molar-refractivity contribution is 7.54. The number of rotatable bonds is 7. The fourth-order valence-corrected chi connectivity index (χ4v) is 2.32. The fourth-order valence-electron chi connectivity index (χ4n) is 0.884. The minimum Gasteiger partial charge on any atom is -0.309 e. The number of carbonyl (C=O) groups excluding carboxylic acids is 1. The lowest BCUT2D eigenvalue weighted by atomic mass is 10.4. The van der Waals surface area contributed by atoms with Crippen LogP contribution in [0.2, 0.25) is 0 Å². The van der Waals surface area contributed by atoms with Gasteiger partial charge in [0.2, 0.25) is 0 Å². The minimum atomic E-state index is -3.01. The first-order valence-corrected chi connectivity index (χ1v) is 6.32. The molecular weight excluding hydrogens is 203 g/mol. The number of hydrogen-bond donors (Lipinski definition) is 0. The van der Waals surface area contributed by atoms with Crippen LogP contribution in [0.1, 0.15) is 20.8 Å². The summed E-state index contributed by atoms with van der Waals surface area (Å²) in [6.45, 7) is 5.61. The lowest BCUT2D eigenvalue weighted by Crippen LogP contribution is -1.98. The molecule has 82 valence electrons. The van der Waals surface area contributed by atoms with Crippen molar-refractivity contribution in [3.63, 3.8) is 0 Å². The summed E-state index contributed by atoms with van der Waals surface area (Å²) in [5, 5.41) is 0. The highest BCUT2D eigenvalue weighted by Gasteiger charge is 2.20. The van der Waals surface area contributed by atoms with E-state index >= 15 is 0 Å². The van der Waals surface area contributed by atoms with E-state index in [1.54, 1.807) is 13.8 Å². The van der Waals surface area contributed by atoms with Crippen molar-refractivity contribution in [2.45, 2.75) is 20.8 Å². The SMILES string of the molecule is CCOP(=O)(C/C=C/C(C)=O)OCC. The van der Waals surface area contributed by atoms with E-state index in [1.807, 2.05) is 0 Å². The Morgan fingerprint density at radius 3 is 2.14 bits per heavy atom. The molecule has 0 saturated heterocycles. The molecule has 0 unspecified atom stereocenters. The monoisotopic (exact) mass is 220 g/mol. The molecule has 0 aromatic carbocycles. The Kier molecular flexibility index (Phi) is 6.71. The zero-order valence-electron chi connectivity index (χ0n) is 8.86. The van der Waals surface area contributed by atoms with E-state index in [0.717, 1.165) is 0 Å². The molecule has 0 aliphatic carbocycles. The van der Waals surface area contributed by atoms with Crippen molar-refractivity contribution in [2.75, 3.05) is 19.4 Å². The van der Waals surface area contributed by atoms with Crippen LogP contribution >= 0.6 is 7.60 Å². The smallest absolute Gasteiger partial charge is 0.309 e. The lowest BCUT2D eigenvalue weighted by molar-refractivity contribution is -0.112. The normalized spacial score (nSPS) is 12.2. The number of ketones is 1. The highest BCUT2D eigenvalue weighted by atomic mass is 31.2. The van der Waals surface area contributed by atoms with Crippen LogP contribution < -0.4 is 0 Å². The van der Waals surface area contributed by atoms with Crippen LogP contribution in [-0.4, -0.2) is 25.2 Å². The minimum absolute atomic E-state index is 0.0791. The van der Waals surface area contributed by atoms with Crippen molar-refractivity contribution in [1.29, 1.82) is 0 Å². The zero-order chi connectivity index (χ0) is 11.0. The Hall–Kier alpha value is -0.440. The molecule has 0 N–H and O–H groups in total. The van der Waals surface area contributed by atoms with Crippen molar-refractivity contribution >= 4 is 13.4 Å². The van der Waals surface area contributed by atoms with Crippen LogP contribution in [-0.2, 0) is 18.4 Å². The first-order valence-electron chi connectivity index (χ1n) is 4.59. The fraction of sp³-hybridized carbons (Fsp3) is 0.667. The van der Waals surface area contributed by atoms with Gasteiger partial charge in [-0.25, -0.2) is 0 Å². The summed E-state index contributed by atoms with van der Waals surface area (Å²) in [4.78, 5) is 10.6. The maximum atomic E-state index is 11.8. The second kappa shape index (κ2) is 6.93. The summed E-state index contributed by atoms with van der Waals surface area (Å²) in [6, 6.07) is 0. The molecule has 4 nitrogen and oxygen atoms in total. The first-order chi connectivity index (χ1) is 6.54. The maximum Gasteiger partial charge on any atom is 0.334 e. The van der Waals surface area contributed by atoms with Gasteiger partial charge in [-0.05, 0) is 26.8 Å². The van der Waals surface area contributed by atoms with Crippen LogP contribution in [0.5, 0.6) is 0 Å². The molecule has 0 aliphatic heterocycles.